The van der Waals surface area contributed by atoms with Crippen LogP contribution in [0.4, 0.5) is 5.69 Å². The summed E-state index contributed by atoms with van der Waals surface area (Å²) in [5.41, 5.74) is 6.40. The predicted octanol–water partition coefficient (Wildman–Crippen LogP) is 5.77. The summed E-state index contributed by atoms with van der Waals surface area (Å²) in [4.78, 5) is 11.5. The number of fused-ring (bicyclic) bond motifs is 1. The minimum absolute atomic E-state index is 0.195. The maximum Gasteiger partial charge on any atom is 0.124 e. The zero-order chi connectivity index (χ0) is 18.3. The molecule has 3 heterocycles. The predicted molar refractivity (Wildman–Crippen MR) is 111 cm³/mol. The highest BCUT2D eigenvalue weighted by Crippen LogP contribution is 2.42. The van der Waals surface area contributed by atoms with Crippen molar-refractivity contribution >= 4 is 17.0 Å². The summed E-state index contributed by atoms with van der Waals surface area (Å²) in [6, 6.07) is 11.4. The minimum atomic E-state index is 0.195. The number of hydrogen-bond donors (Lipinski definition) is 0. The van der Waals surface area contributed by atoms with E-state index in [9.17, 15) is 0 Å². The Bertz CT molecular complexity index is 912. The van der Waals surface area contributed by atoms with Gasteiger partial charge in [0.2, 0.25) is 0 Å². The molecule has 0 spiro atoms. The van der Waals surface area contributed by atoms with Gasteiger partial charge in [-0.2, -0.15) is 0 Å². The molecule has 0 bridgehead atoms. The van der Waals surface area contributed by atoms with Crippen LogP contribution in [-0.4, -0.2) is 22.6 Å². The fourth-order valence-electron chi connectivity index (χ4n) is 3.71. The van der Waals surface area contributed by atoms with Crippen molar-refractivity contribution in [1.29, 1.82) is 0 Å². The molecule has 0 atom stereocenters. The zero-order valence-electron chi connectivity index (χ0n) is 15.9. The molecule has 1 aliphatic heterocycles. The van der Waals surface area contributed by atoms with Gasteiger partial charge in [0.25, 0.3) is 0 Å². The Morgan fingerprint density at radius 1 is 1.08 bits per heavy atom. The van der Waals surface area contributed by atoms with E-state index in [0.29, 0.717) is 6.04 Å². The van der Waals surface area contributed by atoms with Crippen LogP contribution in [0.1, 0.15) is 39.7 Å². The topological polar surface area (TPSA) is 29.0 Å². The van der Waals surface area contributed by atoms with Crippen molar-refractivity contribution in [1.82, 2.24) is 9.97 Å². The van der Waals surface area contributed by atoms with Crippen LogP contribution in [0.15, 0.2) is 48.1 Å². The lowest BCUT2D eigenvalue weighted by atomic mass is 9.76. The lowest BCUT2D eigenvalue weighted by Gasteiger charge is -2.42. The summed E-state index contributed by atoms with van der Waals surface area (Å²) in [6.45, 7) is 10.4. The van der Waals surface area contributed by atoms with Crippen LogP contribution in [0.25, 0.3) is 21.8 Å². The Kier molecular flexibility index (Phi) is 4.31. The highest BCUT2D eigenvalue weighted by atomic mass is 32.1. The molecule has 0 fully saturated rings. The van der Waals surface area contributed by atoms with E-state index in [4.69, 9.17) is 4.98 Å². The van der Waals surface area contributed by atoms with Crippen LogP contribution < -0.4 is 4.90 Å². The smallest absolute Gasteiger partial charge is 0.124 e. The molecule has 0 saturated heterocycles. The first-order chi connectivity index (χ1) is 12.5. The average molecular weight is 364 g/mol. The molecule has 1 aromatic carbocycles. The number of thiazole rings is 1. The van der Waals surface area contributed by atoms with Gasteiger partial charge in [0.1, 0.15) is 5.01 Å². The monoisotopic (exact) mass is 363 g/mol. The molecule has 3 aromatic rings. The van der Waals surface area contributed by atoms with Crippen molar-refractivity contribution in [2.75, 3.05) is 11.4 Å². The van der Waals surface area contributed by atoms with Gasteiger partial charge in [-0.15, -0.1) is 11.3 Å². The van der Waals surface area contributed by atoms with Gasteiger partial charge in [0.05, 0.1) is 5.69 Å². The van der Waals surface area contributed by atoms with Gasteiger partial charge in [0, 0.05) is 47.2 Å². The molecule has 1 aliphatic rings. The number of benzene rings is 1. The highest BCUT2D eigenvalue weighted by Gasteiger charge is 2.32. The molecule has 0 radical (unpaired) electrons. The third-order valence-electron chi connectivity index (χ3n) is 5.36. The molecular weight excluding hydrogens is 338 g/mol. The van der Waals surface area contributed by atoms with Crippen LogP contribution >= 0.6 is 11.3 Å². The van der Waals surface area contributed by atoms with Gasteiger partial charge in [-0.3, -0.25) is 4.98 Å². The third kappa shape index (κ3) is 3.03. The van der Waals surface area contributed by atoms with Crippen molar-refractivity contribution in [3.8, 4) is 21.8 Å². The first-order valence-corrected chi connectivity index (χ1v) is 10.1. The van der Waals surface area contributed by atoms with E-state index in [1.807, 2.05) is 24.5 Å². The normalized spacial score (nSPS) is 16.0. The lowest BCUT2D eigenvalue weighted by Crippen LogP contribution is -2.41. The van der Waals surface area contributed by atoms with Gasteiger partial charge in [-0.25, -0.2) is 4.98 Å². The number of anilines is 1. The fourth-order valence-corrected chi connectivity index (χ4v) is 4.55. The van der Waals surface area contributed by atoms with Crippen molar-refractivity contribution in [2.45, 2.75) is 45.6 Å². The summed E-state index contributed by atoms with van der Waals surface area (Å²) in [5.74, 6) is 0. The first kappa shape index (κ1) is 17.2. The van der Waals surface area contributed by atoms with E-state index in [1.165, 1.54) is 23.2 Å². The van der Waals surface area contributed by atoms with E-state index in [1.54, 1.807) is 11.3 Å². The molecule has 0 saturated carbocycles. The van der Waals surface area contributed by atoms with Crippen LogP contribution in [-0.2, 0) is 5.41 Å². The summed E-state index contributed by atoms with van der Waals surface area (Å²) in [7, 11) is 0. The molecule has 26 heavy (non-hydrogen) atoms. The van der Waals surface area contributed by atoms with Crippen molar-refractivity contribution < 1.29 is 0 Å². The highest BCUT2D eigenvalue weighted by molar-refractivity contribution is 7.13. The first-order valence-electron chi connectivity index (χ1n) is 9.23. The molecule has 0 N–H and O–H groups in total. The number of pyridine rings is 1. The molecular formula is C22H25N3S. The van der Waals surface area contributed by atoms with Crippen molar-refractivity contribution in [3.63, 3.8) is 0 Å². The van der Waals surface area contributed by atoms with Crippen molar-refractivity contribution in [3.05, 3.63) is 53.7 Å². The molecule has 3 nitrogen and oxygen atoms in total. The molecule has 0 aliphatic carbocycles. The summed E-state index contributed by atoms with van der Waals surface area (Å²) in [6.07, 6.45) is 4.82. The minimum Gasteiger partial charge on any atom is -0.369 e. The second kappa shape index (κ2) is 6.51. The molecule has 4 rings (SSSR count). The molecule has 0 unspecified atom stereocenters. The zero-order valence-corrected chi connectivity index (χ0v) is 16.7. The number of hydrogen-bond acceptors (Lipinski definition) is 4. The Hall–Kier alpha value is -2.20. The number of aromatic nitrogens is 2. The van der Waals surface area contributed by atoms with Crippen LogP contribution in [0.3, 0.4) is 0 Å². The van der Waals surface area contributed by atoms with Gasteiger partial charge in [-0.05, 0) is 55.5 Å². The van der Waals surface area contributed by atoms with E-state index in [0.717, 1.165) is 22.8 Å². The summed E-state index contributed by atoms with van der Waals surface area (Å²) in [5, 5.41) is 3.20. The van der Waals surface area contributed by atoms with Crippen LogP contribution in [0.5, 0.6) is 0 Å². The van der Waals surface area contributed by atoms with E-state index in [-0.39, 0.29) is 5.41 Å². The standard InChI is InChI=1S/C22H25N3S/c1-15(2)25-12-9-22(3,4)18-13-17(5-6-20(18)25)19-14-26-21(24-19)16-7-10-23-11-8-16/h5-8,10-11,13-15H,9,12H2,1-4H3. The molecule has 0 amide bonds. The lowest BCUT2D eigenvalue weighted by molar-refractivity contribution is 0.442. The van der Waals surface area contributed by atoms with Crippen molar-refractivity contribution in [2.24, 2.45) is 0 Å². The Morgan fingerprint density at radius 2 is 1.85 bits per heavy atom. The van der Waals surface area contributed by atoms with Crippen LogP contribution in [0.2, 0.25) is 0 Å². The Labute approximate surface area is 159 Å². The SMILES string of the molecule is CC(C)N1CCC(C)(C)c2cc(-c3csc(-c4ccncc4)n3)ccc21. The largest absolute Gasteiger partial charge is 0.369 e. The fraction of sp³-hybridized carbons (Fsp3) is 0.364. The number of rotatable bonds is 3. The van der Waals surface area contributed by atoms with E-state index >= 15 is 0 Å². The average Bonchev–Trinajstić information content (AvgIpc) is 3.12. The van der Waals surface area contributed by atoms with Gasteiger partial charge >= 0.3 is 0 Å². The number of nitrogens with zero attached hydrogens (tertiary/aromatic N) is 3. The third-order valence-corrected chi connectivity index (χ3v) is 6.25. The van der Waals surface area contributed by atoms with Crippen LogP contribution in [0, 0.1) is 0 Å². The molecule has 4 heteroatoms. The Balaban J connectivity index is 1.74. The quantitative estimate of drug-likeness (QED) is 0.591. The van der Waals surface area contributed by atoms with Gasteiger partial charge in [0.15, 0.2) is 0 Å². The second-order valence-corrected chi connectivity index (χ2v) is 8.78. The molecule has 134 valence electrons. The molecule has 2 aromatic heterocycles. The maximum atomic E-state index is 4.88. The summed E-state index contributed by atoms with van der Waals surface area (Å²) < 4.78 is 0. The van der Waals surface area contributed by atoms with E-state index in [2.05, 4.69) is 61.2 Å². The van der Waals surface area contributed by atoms with Gasteiger partial charge in [-0.1, -0.05) is 19.9 Å². The summed E-state index contributed by atoms with van der Waals surface area (Å²) >= 11 is 1.69. The maximum absolute atomic E-state index is 4.88. The van der Waals surface area contributed by atoms with E-state index < -0.39 is 0 Å². The van der Waals surface area contributed by atoms with Gasteiger partial charge < -0.3 is 4.90 Å². The Morgan fingerprint density at radius 3 is 2.58 bits per heavy atom. The second-order valence-electron chi connectivity index (χ2n) is 7.93.